The molecule has 3 rings (SSSR count). The molecule has 0 spiro atoms. The number of aliphatic hydroxyl groups is 1. The predicted molar refractivity (Wildman–Crippen MR) is 146 cm³/mol. The number of aliphatic hydroxyl groups excluding tert-OH is 1. The van der Waals surface area contributed by atoms with Crippen LogP contribution in [0.25, 0.3) is 10.9 Å². The number of amides is 2. The number of aromatic nitrogens is 1. The third kappa shape index (κ3) is 8.54. The number of nitrogens with one attached hydrogen (secondary N) is 1. The normalized spacial score (nSPS) is 13.8. The number of nitrogens with zero attached hydrogens (tertiary/aromatic N) is 2. The second-order valence-electron chi connectivity index (χ2n) is 9.50. The van der Waals surface area contributed by atoms with Crippen LogP contribution in [0.3, 0.4) is 0 Å². The summed E-state index contributed by atoms with van der Waals surface area (Å²) in [5, 5.41) is 14.2. The van der Waals surface area contributed by atoms with E-state index in [0.717, 1.165) is 29.7 Å². The zero-order chi connectivity index (χ0) is 30.2. The molecule has 2 amide bonds. The quantitative estimate of drug-likeness (QED) is 0.201. The molecule has 0 saturated carbocycles. The third-order valence-electron chi connectivity index (χ3n) is 6.45. The van der Waals surface area contributed by atoms with E-state index in [1.807, 2.05) is 6.07 Å². The van der Waals surface area contributed by atoms with Crippen molar-refractivity contribution in [3.63, 3.8) is 0 Å². The first-order chi connectivity index (χ1) is 19.4. The number of carbonyl (C=O) groups excluding carboxylic acids is 3. The summed E-state index contributed by atoms with van der Waals surface area (Å²) in [7, 11) is 0. The number of halogens is 3. The molecule has 220 valence electrons. The molecule has 0 aliphatic carbocycles. The van der Waals surface area contributed by atoms with Gasteiger partial charge < -0.3 is 32.5 Å². The molecule has 1 heterocycles. The summed E-state index contributed by atoms with van der Waals surface area (Å²) in [4.78, 5) is 44.7. The number of pyridine rings is 1. The van der Waals surface area contributed by atoms with E-state index in [0.29, 0.717) is 11.1 Å². The van der Waals surface area contributed by atoms with Gasteiger partial charge >= 0.3 is 6.18 Å². The number of para-hydroxylation sites is 1. The molecule has 13 heteroatoms. The van der Waals surface area contributed by atoms with Gasteiger partial charge in [0.1, 0.15) is 12.1 Å². The largest absolute Gasteiger partial charge is 0.416 e. The lowest BCUT2D eigenvalue weighted by atomic mass is 9.94. The highest BCUT2D eigenvalue weighted by molar-refractivity contribution is 5.94. The first kappa shape index (κ1) is 31.6. The van der Waals surface area contributed by atoms with Gasteiger partial charge in [-0.2, -0.15) is 13.2 Å². The maximum absolute atomic E-state index is 13.4. The van der Waals surface area contributed by atoms with Crippen LogP contribution in [0.2, 0.25) is 0 Å². The van der Waals surface area contributed by atoms with Gasteiger partial charge in [0, 0.05) is 44.2 Å². The van der Waals surface area contributed by atoms with Crippen LogP contribution >= 0.6 is 0 Å². The molecule has 0 aliphatic heterocycles. The van der Waals surface area contributed by atoms with Crippen LogP contribution in [0, 0.1) is 0 Å². The molecule has 1 aromatic heterocycles. The van der Waals surface area contributed by atoms with Crippen molar-refractivity contribution in [2.24, 2.45) is 17.2 Å². The fourth-order valence-corrected chi connectivity index (χ4v) is 4.26. The molecule has 0 bridgehead atoms. The number of nitrogens with two attached hydrogens (primary N) is 3. The predicted octanol–water partition coefficient (Wildman–Crippen LogP) is 1.05. The van der Waals surface area contributed by atoms with E-state index in [4.69, 9.17) is 17.2 Å². The Bertz CT molecular complexity index is 1350. The van der Waals surface area contributed by atoms with Crippen LogP contribution in [-0.2, 0) is 27.0 Å². The van der Waals surface area contributed by atoms with Crippen molar-refractivity contribution in [3.05, 3.63) is 77.5 Å². The number of benzene rings is 2. The Balaban J connectivity index is 1.83. The Hall–Kier alpha value is -3.91. The van der Waals surface area contributed by atoms with Crippen LogP contribution in [-0.4, -0.2) is 70.9 Å². The molecule has 0 aliphatic rings. The summed E-state index contributed by atoms with van der Waals surface area (Å²) in [5.74, 6) is -2.02. The Kier molecular flexibility index (Phi) is 10.9. The maximum atomic E-state index is 13.4. The van der Waals surface area contributed by atoms with Crippen molar-refractivity contribution in [1.82, 2.24) is 15.2 Å². The number of ketones is 1. The van der Waals surface area contributed by atoms with Crippen molar-refractivity contribution >= 4 is 28.5 Å². The number of carbonyl (C=O) groups is 3. The summed E-state index contributed by atoms with van der Waals surface area (Å²) < 4.78 is 39.1. The fourth-order valence-electron chi connectivity index (χ4n) is 4.26. The van der Waals surface area contributed by atoms with E-state index in [9.17, 15) is 32.7 Å². The van der Waals surface area contributed by atoms with Crippen LogP contribution < -0.4 is 22.5 Å². The minimum Gasteiger partial charge on any atom is -0.386 e. The molecule has 2 aromatic carbocycles. The molecule has 3 aromatic rings. The van der Waals surface area contributed by atoms with E-state index in [2.05, 4.69) is 10.3 Å². The minimum atomic E-state index is -4.60. The van der Waals surface area contributed by atoms with Gasteiger partial charge in [-0.15, -0.1) is 0 Å². The number of rotatable bonds is 13. The monoisotopic (exact) mass is 574 g/mol. The zero-order valence-electron chi connectivity index (χ0n) is 22.2. The summed E-state index contributed by atoms with van der Waals surface area (Å²) in [6.45, 7) is 0.759. The molecule has 1 unspecified atom stereocenters. The molecule has 3 atom stereocenters. The number of hydrogen-bond donors (Lipinski definition) is 5. The summed E-state index contributed by atoms with van der Waals surface area (Å²) >= 11 is 0. The van der Waals surface area contributed by atoms with E-state index >= 15 is 0 Å². The number of hydrogen-bond acceptors (Lipinski definition) is 8. The van der Waals surface area contributed by atoms with Gasteiger partial charge in [-0.25, -0.2) is 0 Å². The molecule has 0 saturated heterocycles. The number of alkyl halides is 3. The molecule has 8 N–H and O–H groups in total. The first-order valence-electron chi connectivity index (χ1n) is 12.9. The second kappa shape index (κ2) is 14.1. The van der Waals surface area contributed by atoms with E-state index in [1.165, 1.54) is 11.1 Å². The van der Waals surface area contributed by atoms with Crippen molar-refractivity contribution in [2.45, 2.75) is 37.2 Å². The highest BCUT2D eigenvalue weighted by Crippen LogP contribution is 2.30. The molecule has 10 nitrogen and oxygen atoms in total. The molecule has 0 fully saturated rings. The van der Waals surface area contributed by atoms with Gasteiger partial charge in [0.25, 0.3) is 0 Å². The van der Waals surface area contributed by atoms with Crippen molar-refractivity contribution in [1.29, 1.82) is 0 Å². The lowest BCUT2D eigenvalue weighted by molar-refractivity contribution is -0.137. The second-order valence-corrected chi connectivity index (χ2v) is 9.50. The zero-order valence-corrected chi connectivity index (χ0v) is 22.2. The lowest BCUT2D eigenvalue weighted by Crippen LogP contribution is -2.52. The highest BCUT2D eigenvalue weighted by atomic mass is 19.4. The van der Waals surface area contributed by atoms with Gasteiger partial charge in [0.2, 0.25) is 11.8 Å². The molecule has 41 heavy (non-hydrogen) atoms. The van der Waals surface area contributed by atoms with E-state index in [-0.39, 0.29) is 38.2 Å². The maximum Gasteiger partial charge on any atom is 0.416 e. The Morgan fingerprint density at radius 3 is 2.24 bits per heavy atom. The summed E-state index contributed by atoms with van der Waals surface area (Å²) in [6, 6.07) is 9.56. The van der Waals surface area contributed by atoms with Gasteiger partial charge in [-0.1, -0.05) is 30.3 Å². The molecular weight excluding hydrogens is 541 g/mol. The smallest absolute Gasteiger partial charge is 0.386 e. The minimum absolute atomic E-state index is 0.0324. The fraction of sp³-hybridized carbons (Fsp3) is 0.357. The van der Waals surface area contributed by atoms with Gasteiger partial charge in [0.05, 0.1) is 23.5 Å². The average Bonchev–Trinajstić information content (AvgIpc) is 2.94. The van der Waals surface area contributed by atoms with Gasteiger partial charge in [0.15, 0.2) is 5.78 Å². The van der Waals surface area contributed by atoms with E-state index < -0.39 is 53.9 Å². The van der Waals surface area contributed by atoms with Crippen molar-refractivity contribution in [2.75, 3.05) is 26.2 Å². The van der Waals surface area contributed by atoms with Crippen molar-refractivity contribution in [3.8, 4) is 0 Å². The number of fused-ring (bicyclic) bond motifs is 1. The van der Waals surface area contributed by atoms with Gasteiger partial charge in [-0.3, -0.25) is 19.4 Å². The summed E-state index contributed by atoms with van der Waals surface area (Å²) in [5.41, 5.74) is 17.2. The van der Waals surface area contributed by atoms with Crippen LogP contribution in [0.5, 0.6) is 0 Å². The summed E-state index contributed by atoms with van der Waals surface area (Å²) in [6.07, 6.45) is -5.50. The topological polar surface area (TPSA) is 178 Å². The van der Waals surface area contributed by atoms with Gasteiger partial charge in [-0.05, 0) is 35.4 Å². The first-order valence-corrected chi connectivity index (χ1v) is 12.9. The highest BCUT2D eigenvalue weighted by Gasteiger charge is 2.34. The third-order valence-corrected chi connectivity index (χ3v) is 6.45. The van der Waals surface area contributed by atoms with Crippen LogP contribution in [0.15, 0.2) is 60.8 Å². The van der Waals surface area contributed by atoms with Crippen LogP contribution in [0.1, 0.15) is 29.2 Å². The van der Waals surface area contributed by atoms with E-state index in [1.54, 1.807) is 24.3 Å². The Morgan fingerprint density at radius 2 is 1.63 bits per heavy atom. The van der Waals surface area contributed by atoms with Crippen molar-refractivity contribution < 1.29 is 32.7 Å². The average molecular weight is 575 g/mol. The molecular formula is C28H33F3N6O4. The SMILES string of the molecule is NCCN(CCN)C(=O)C[C@H](N)C(=O)N[C@H](C(=O)Cc1cnc2ccccc2c1)C(O)c1ccc(C(F)(F)F)cc1. The Labute approximate surface area is 234 Å². The molecule has 0 radical (unpaired) electrons. The lowest BCUT2D eigenvalue weighted by Gasteiger charge is -2.26. The number of Topliss-reactive ketones (excluding diaryl/α,β-unsaturated/α-hetero) is 1. The Morgan fingerprint density at radius 1 is 1.00 bits per heavy atom. The van der Waals surface area contributed by atoms with Crippen LogP contribution in [0.4, 0.5) is 13.2 Å². The standard InChI is InChI=1S/C28H33F3N6O4/c29-28(30,31)20-7-5-18(6-8-20)26(40)25(23(38)14-17-13-19-3-1-2-4-22(19)35-16-17)36-27(41)21(34)15-24(39)37(11-9-32)12-10-33/h1-8,13,16,21,25-26,40H,9-12,14-15,32-34H2,(H,36,41)/t21-,25+,26?/m0/s1.